The summed E-state index contributed by atoms with van der Waals surface area (Å²) in [6.07, 6.45) is 2.06. The van der Waals surface area contributed by atoms with Crippen LogP contribution in [0.5, 0.6) is 0 Å². The average Bonchev–Trinajstić information content (AvgIpc) is 2.44. The molecule has 0 saturated heterocycles. The average molecular weight is 372 g/mol. The lowest BCUT2D eigenvalue weighted by Crippen LogP contribution is -2.10. The van der Waals surface area contributed by atoms with E-state index >= 15 is 0 Å². The third-order valence-electron chi connectivity index (χ3n) is 3.37. The van der Waals surface area contributed by atoms with Crippen molar-refractivity contribution in [3.63, 3.8) is 0 Å². The topological polar surface area (TPSA) is 0 Å². The number of aryl methyl sites for hydroxylation is 1. The van der Waals surface area contributed by atoms with Gasteiger partial charge in [0.05, 0.1) is 10.0 Å². The minimum atomic E-state index is 0.551. The van der Waals surface area contributed by atoms with Gasteiger partial charge < -0.3 is 0 Å². The highest BCUT2D eigenvalue weighted by Crippen LogP contribution is 2.25. The number of hydrogen-bond donors (Lipinski definition) is 0. The zero-order chi connectivity index (χ0) is 14.5. The Kier molecular flexibility index (Phi) is 5.95. The van der Waals surface area contributed by atoms with Crippen LogP contribution in [0, 0.1) is 12.8 Å². The summed E-state index contributed by atoms with van der Waals surface area (Å²) in [7, 11) is 0. The van der Waals surface area contributed by atoms with Gasteiger partial charge in [0.15, 0.2) is 0 Å². The van der Waals surface area contributed by atoms with E-state index in [4.69, 9.17) is 23.2 Å². The van der Waals surface area contributed by atoms with Gasteiger partial charge in [-0.3, -0.25) is 0 Å². The molecule has 0 fully saturated rings. The van der Waals surface area contributed by atoms with Crippen LogP contribution in [-0.2, 0) is 12.8 Å². The number of rotatable bonds is 5. The Balaban J connectivity index is 2.04. The van der Waals surface area contributed by atoms with Crippen LogP contribution in [0.1, 0.15) is 16.7 Å². The van der Waals surface area contributed by atoms with Crippen LogP contribution in [0.3, 0.4) is 0 Å². The number of alkyl halides is 1. The Morgan fingerprint density at radius 1 is 0.900 bits per heavy atom. The summed E-state index contributed by atoms with van der Waals surface area (Å²) in [5.74, 6) is 0.551. The zero-order valence-electron chi connectivity index (χ0n) is 11.4. The molecule has 3 heteroatoms. The molecule has 0 nitrogen and oxygen atoms in total. The standard InChI is InChI=1S/C17H17BrCl2/c1-12-2-4-13(5-3-12)8-15(11-18)9-14-6-7-16(19)17(20)10-14/h2-7,10,15H,8-9,11H2,1H3. The number of hydrogen-bond acceptors (Lipinski definition) is 0. The summed E-state index contributed by atoms with van der Waals surface area (Å²) in [4.78, 5) is 0. The molecule has 0 N–H and O–H groups in total. The Morgan fingerprint density at radius 3 is 2.10 bits per heavy atom. The molecule has 20 heavy (non-hydrogen) atoms. The highest BCUT2D eigenvalue weighted by molar-refractivity contribution is 9.09. The van der Waals surface area contributed by atoms with Crippen LogP contribution < -0.4 is 0 Å². The first kappa shape index (κ1) is 15.9. The van der Waals surface area contributed by atoms with Crippen LogP contribution in [0.4, 0.5) is 0 Å². The quantitative estimate of drug-likeness (QED) is 0.557. The number of halogens is 3. The highest BCUT2D eigenvalue weighted by atomic mass is 79.9. The number of benzene rings is 2. The van der Waals surface area contributed by atoms with Crippen molar-refractivity contribution in [2.45, 2.75) is 19.8 Å². The Labute approximate surface area is 139 Å². The molecule has 0 aliphatic heterocycles. The van der Waals surface area contributed by atoms with E-state index in [1.54, 1.807) is 0 Å². The maximum atomic E-state index is 6.07. The zero-order valence-corrected chi connectivity index (χ0v) is 14.5. The third kappa shape index (κ3) is 4.51. The SMILES string of the molecule is Cc1ccc(CC(CBr)Cc2ccc(Cl)c(Cl)c2)cc1. The molecule has 0 heterocycles. The van der Waals surface area contributed by atoms with Gasteiger partial charge in [0, 0.05) is 5.33 Å². The van der Waals surface area contributed by atoms with Gasteiger partial charge in [0.25, 0.3) is 0 Å². The normalized spacial score (nSPS) is 12.4. The molecule has 0 aliphatic rings. The highest BCUT2D eigenvalue weighted by Gasteiger charge is 2.10. The predicted molar refractivity (Wildman–Crippen MR) is 92.3 cm³/mol. The van der Waals surface area contributed by atoms with Gasteiger partial charge in [-0.25, -0.2) is 0 Å². The van der Waals surface area contributed by atoms with Gasteiger partial charge in [-0.2, -0.15) is 0 Å². The van der Waals surface area contributed by atoms with Gasteiger partial charge in [0.1, 0.15) is 0 Å². The van der Waals surface area contributed by atoms with Gasteiger partial charge in [-0.05, 0) is 48.9 Å². The van der Waals surface area contributed by atoms with Crippen molar-refractivity contribution >= 4 is 39.1 Å². The molecule has 106 valence electrons. The van der Waals surface area contributed by atoms with Crippen molar-refractivity contribution in [2.75, 3.05) is 5.33 Å². The lowest BCUT2D eigenvalue weighted by molar-refractivity contribution is 0.591. The fourth-order valence-electron chi connectivity index (χ4n) is 2.24. The van der Waals surface area contributed by atoms with E-state index in [1.807, 2.05) is 12.1 Å². The largest absolute Gasteiger partial charge is 0.0925 e. The Morgan fingerprint density at radius 2 is 1.50 bits per heavy atom. The summed E-state index contributed by atoms with van der Waals surface area (Å²) in [5.41, 5.74) is 3.91. The van der Waals surface area contributed by atoms with Crippen molar-refractivity contribution in [1.82, 2.24) is 0 Å². The molecule has 0 radical (unpaired) electrons. The van der Waals surface area contributed by atoms with E-state index in [2.05, 4.69) is 53.2 Å². The molecule has 1 unspecified atom stereocenters. The molecule has 0 bridgehead atoms. The van der Waals surface area contributed by atoms with Crippen LogP contribution in [0.15, 0.2) is 42.5 Å². The maximum absolute atomic E-state index is 6.07. The second-order valence-electron chi connectivity index (χ2n) is 5.16. The van der Waals surface area contributed by atoms with Crippen LogP contribution in [0.25, 0.3) is 0 Å². The molecule has 0 aromatic heterocycles. The van der Waals surface area contributed by atoms with Gasteiger partial charge in [0.2, 0.25) is 0 Å². The van der Waals surface area contributed by atoms with Crippen molar-refractivity contribution in [2.24, 2.45) is 5.92 Å². The Bertz CT molecular complexity index is 564. The molecular formula is C17H17BrCl2. The minimum Gasteiger partial charge on any atom is -0.0925 e. The van der Waals surface area contributed by atoms with Gasteiger partial charge >= 0.3 is 0 Å². The Hall–Kier alpha value is -0.500. The van der Waals surface area contributed by atoms with Crippen LogP contribution >= 0.6 is 39.1 Å². The smallest absolute Gasteiger partial charge is 0.0595 e. The van der Waals surface area contributed by atoms with Gasteiger partial charge in [-0.15, -0.1) is 0 Å². The second kappa shape index (κ2) is 7.49. The minimum absolute atomic E-state index is 0.551. The van der Waals surface area contributed by atoms with E-state index in [0.717, 1.165) is 18.2 Å². The second-order valence-corrected chi connectivity index (χ2v) is 6.62. The molecule has 0 aliphatic carbocycles. The fourth-order valence-corrected chi connectivity index (χ4v) is 3.02. The maximum Gasteiger partial charge on any atom is 0.0595 e. The van der Waals surface area contributed by atoms with Crippen LogP contribution in [-0.4, -0.2) is 5.33 Å². The molecule has 0 saturated carbocycles. The van der Waals surface area contributed by atoms with Crippen molar-refractivity contribution < 1.29 is 0 Å². The lowest BCUT2D eigenvalue weighted by Gasteiger charge is -2.15. The summed E-state index contributed by atoms with van der Waals surface area (Å²) >= 11 is 15.6. The predicted octanol–water partition coefficient (Wildman–Crippen LogP) is 6.10. The van der Waals surface area contributed by atoms with E-state index < -0.39 is 0 Å². The molecular weight excluding hydrogens is 355 g/mol. The van der Waals surface area contributed by atoms with Gasteiger partial charge in [-0.1, -0.05) is 75.0 Å². The first-order valence-corrected chi connectivity index (χ1v) is 8.51. The van der Waals surface area contributed by atoms with Crippen LogP contribution in [0.2, 0.25) is 10.0 Å². The van der Waals surface area contributed by atoms with Crippen molar-refractivity contribution in [1.29, 1.82) is 0 Å². The summed E-state index contributed by atoms with van der Waals surface area (Å²) in [5, 5.41) is 2.22. The molecule has 0 amide bonds. The van der Waals surface area contributed by atoms with Crippen molar-refractivity contribution in [3.8, 4) is 0 Å². The lowest BCUT2D eigenvalue weighted by atomic mass is 9.94. The molecule has 2 aromatic carbocycles. The molecule has 2 aromatic rings. The van der Waals surface area contributed by atoms with E-state index in [-0.39, 0.29) is 0 Å². The molecule has 0 spiro atoms. The van der Waals surface area contributed by atoms with Crippen molar-refractivity contribution in [3.05, 3.63) is 69.2 Å². The third-order valence-corrected chi connectivity index (χ3v) is 5.03. The van der Waals surface area contributed by atoms with E-state index in [0.29, 0.717) is 16.0 Å². The first-order valence-electron chi connectivity index (χ1n) is 6.64. The van der Waals surface area contributed by atoms with E-state index in [9.17, 15) is 0 Å². The van der Waals surface area contributed by atoms with E-state index in [1.165, 1.54) is 16.7 Å². The molecule has 1 atom stereocenters. The monoisotopic (exact) mass is 370 g/mol. The fraction of sp³-hybridized carbons (Fsp3) is 0.294. The summed E-state index contributed by atoms with van der Waals surface area (Å²) in [6.45, 7) is 2.11. The summed E-state index contributed by atoms with van der Waals surface area (Å²) in [6, 6.07) is 14.6. The molecule has 2 rings (SSSR count). The first-order chi connectivity index (χ1) is 9.58. The summed E-state index contributed by atoms with van der Waals surface area (Å²) < 4.78 is 0.